The van der Waals surface area contributed by atoms with Crippen molar-refractivity contribution in [3.63, 3.8) is 0 Å². The molecule has 0 bridgehead atoms. The number of H-pyrrole nitrogens is 1. The molecule has 0 radical (unpaired) electrons. The molecule has 0 atom stereocenters. The molecule has 0 aliphatic carbocycles. The van der Waals surface area contributed by atoms with Crippen LogP contribution in [0.5, 0.6) is 0 Å². The van der Waals surface area contributed by atoms with Crippen molar-refractivity contribution < 1.29 is 4.92 Å². The maximum atomic E-state index is 11.0. The van der Waals surface area contributed by atoms with Gasteiger partial charge in [0.05, 0.1) is 22.3 Å². The summed E-state index contributed by atoms with van der Waals surface area (Å²) in [7, 11) is 0. The molecule has 0 fully saturated rings. The Kier molecular flexibility index (Phi) is 2.60. The van der Waals surface area contributed by atoms with Crippen LogP contribution in [0.15, 0.2) is 30.5 Å². The predicted molar refractivity (Wildman–Crippen MR) is 75.1 cm³/mol. The van der Waals surface area contributed by atoms with Crippen molar-refractivity contribution >= 4 is 22.5 Å². The van der Waals surface area contributed by atoms with E-state index in [0.717, 1.165) is 0 Å². The molecule has 0 saturated carbocycles. The lowest BCUT2D eigenvalue weighted by Gasteiger charge is -1.99. The summed E-state index contributed by atoms with van der Waals surface area (Å²) in [6.07, 6.45) is 1.52. The van der Waals surface area contributed by atoms with Crippen LogP contribution in [0, 0.1) is 17.0 Å². The molecule has 0 unspecified atom stereocenters. The lowest BCUT2D eigenvalue weighted by molar-refractivity contribution is -0.385. The number of rotatable bonds is 2. The van der Waals surface area contributed by atoms with Crippen molar-refractivity contribution in [2.24, 2.45) is 0 Å². The minimum atomic E-state index is -0.405. The van der Waals surface area contributed by atoms with Crippen LogP contribution in [0.1, 0.15) is 5.56 Å². The summed E-state index contributed by atoms with van der Waals surface area (Å²) in [5.74, 6) is 0.529. The fourth-order valence-electron chi connectivity index (χ4n) is 2.01. The smallest absolute Gasteiger partial charge is 0.273 e. The quantitative estimate of drug-likeness (QED) is 0.548. The molecular formula is C13H11N5O2. The fourth-order valence-corrected chi connectivity index (χ4v) is 2.01. The number of imidazole rings is 1. The van der Waals surface area contributed by atoms with Gasteiger partial charge in [-0.15, -0.1) is 0 Å². The van der Waals surface area contributed by atoms with E-state index >= 15 is 0 Å². The minimum absolute atomic E-state index is 0.0652. The Labute approximate surface area is 113 Å². The molecule has 3 aromatic rings. The van der Waals surface area contributed by atoms with Crippen molar-refractivity contribution in [2.45, 2.75) is 6.92 Å². The molecule has 0 aliphatic heterocycles. The third-order valence-electron chi connectivity index (χ3n) is 3.04. The van der Waals surface area contributed by atoms with E-state index in [-0.39, 0.29) is 5.69 Å². The number of aromatic amines is 1. The summed E-state index contributed by atoms with van der Waals surface area (Å²) >= 11 is 0. The van der Waals surface area contributed by atoms with Gasteiger partial charge in [-0.3, -0.25) is 10.1 Å². The first-order valence-electron chi connectivity index (χ1n) is 5.91. The van der Waals surface area contributed by atoms with Crippen LogP contribution < -0.4 is 5.73 Å². The number of nitro groups is 1. The molecule has 0 spiro atoms. The highest BCUT2D eigenvalue weighted by molar-refractivity contribution is 5.78. The topological polar surface area (TPSA) is 111 Å². The number of nitro benzene ring substituents is 1. The molecule has 20 heavy (non-hydrogen) atoms. The number of hydrogen-bond donors (Lipinski definition) is 2. The zero-order valence-electron chi connectivity index (χ0n) is 10.6. The molecule has 2 aromatic heterocycles. The Morgan fingerprint density at radius 2 is 2.15 bits per heavy atom. The van der Waals surface area contributed by atoms with Crippen LogP contribution in [0.4, 0.5) is 11.4 Å². The Balaban J connectivity index is 2.15. The average molecular weight is 269 g/mol. The number of pyridine rings is 1. The van der Waals surface area contributed by atoms with E-state index in [1.807, 2.05) is 0 Å². The van der Waals surface area contributed by atoms with Gasteiger partial charge in [-0.25, -0.2) is 9.97 Å². The number of nitrogens with zero attached hydrogens (tertiary/aromatic N) is 3. The number of hydrogen-bond acceptors (Lipinski definition) is 5. The van der Waals surface area contributed by atoms with E-state index in [4.69, 9.17) is 5.73 Å². The highest BCUT2D eigenvalue weighted by Gasteiger charge is 2.14. The van der Waals surface area contributed by atoms with Crippen LogP contribution in [-0.2, 0) is 0 Å². The molecule has 2 heterocycles. The van der Waals surface area contributed by atoms with Crippen LogP contribution in [0.2, 0.25) is 0 Å². The van der Waals surface area contributed by atoms with Gasteiger partial charge in [-0.1, -0.05) is 12.1 Å². The van der Waals surface area contributed by atoms with Gasteiger partial charge in [-0.05, 0) is 13.0 Å². The molecule has 1 aromatic carbocycles. The maximum Gasteiger partial charge on any atom is 0.273 e. The van der Waals surface area contributed by atoms with Crippen LogP contribution >= 0.6 is 0 Å². The number of anilines is 1. The predicted octanol–water partition coefficient (Wildman–Crippen LogP) is 2.42. The Bertz CT molecular complexity index is 825. The second-order valence-electron chi connectivity index (χ2n) is 4.48. The zero-order chi connectivity index (χ0) is 14.3. The Morgan fingerprint density at radius 1 is 1.35 bits per heavy atom. The normalized spacial score (nSPS) is 10.8. The number of benzene rings is 1. The van der Waals surface area contributed by atoms with E-state index in [2.05, 4.69) is 15.0 Å². The van der Waals surface area contributed by atoms with Gasteiger partial charge in [0.1, 0.15) is 5.82 Å². The van der Waals surface area contributed by atoms with E-state index in [9.17, 15) is 10.1 Å². The second-order valence-corrected chi connectivity index (χ2v) is 4.48. The van der Waals surface area contributed by atoms with Gasteiger partial charge in [-0.2, -0.15) is 0 Å². The molecule has 3 rings (SSSR count). The maximum absolute atomic E-state index is 11.0. The molecule has 0 saturated heterocycles. The van der Waals surface area contributed by atoms with Crippen molar-refractivity contribution in [3.8, 4) is 11.4 Å². The Morgan fingerprint density at radius 3 is 2.90 bits per heavy atom. The van der Waals surface area contributed by atoms with Crippen LogP contribution in [-0.4, -0.2) is 19.9 Å². The summed E-state index contributed by atoms with van der Waals surface area (Å²) in [5, 5.41) is 11.0. The first kappa shape index (κ1) is 12.1. The van der Waals surface area contributed by atoms with Crippen LogP contribution in [0.25, 0.3) is 22.6 Å². The summed E-state index contributed by atoms with van der Waals surface area (Å²) in [6.45, 7) is 1.70. The average Bonchev–Trinajstić information content (AvgIpc) is 2.81. The molecule has 3 N–H and O–H groups in total. The van der Waals surface area contributed by atoms with E-state index in [1.165, 1.54) is 12.3 Å². The first-order chi connectivity index (χ1) is 9.54. The zero-order valence-corrected chi connectivity index (χ0v) is 10.6. The highest BCUT2D eigenvalue weighted by Crippen LogP contribution is 2.26. The minimum Gasteiger partial charge on any atom is -0.397 e. The molecule has 100 valence electrons. The lowest BCUT2D eigenvalue weighted by Crippen LogP contribution is -1.92. The van der Waals surface area contributed by atoms with Gasteiger partial charge < -0.3 is 10.7 Å². The van der Waals surface area contributed by atoms with Gasteiger partial charge in [0, 0.05) is 17.2 Å². The number of nitrogens with two attached hydrogens (primary N) is 1. The standard InChI is InChI=1S/C13H11N5O2/c1-7-2-3-8(4-11(7)18(19)20)12-16-10-5-9(14)6-15-13(10)17-12/h2-6H,14H2,1H3,(H,15,16,17). The number of aryl methyl sites for hydroxylation is 1. The molecular weight excluding hydrogens is 258 g/mol. The van der Waals surface area contributed by atoms with Crippen molar-refractivity contribution in [3.05, 3.63) is 46.1 Å². The third kappa shape index (κ3) is 1.95. The molecule has 0 aliphatic rings. The van der Waals surface area contributed by atoms with E-state index < -0.39 is 4.92 Å². The lowest BCUT2D eigenvalue weighted by atomic mass is 10.1. The summed E-state index contributed by atoms with van der Waals surface area (Å²) in [6, 6.07) is 6.70. The van der Waals surface area contributed by atoms with Gasteiger partial charge in [0.15, 0.2) is 5.65 Å². The number of fused-ring (bicyclic) bond motifs is 1. The second kappa shape index (κ2) is 4.30. The fraction of sp³-hybridized carbons (Fsp3) is 0.0769. The summed E-state index contributed by atoms with van der Waals surface area (Å²) in [5.41, 5.74) is 8.72. The number of aromatic nitrogens is 3. The van der Waals surface area contributed by atoms with Crippen LogP contribution in [0.3, 0.4) is 0 Å². The van der Waals surface area contributed by atoms with Crippen molar-refractivity contribution in [1.29, 1.82) is 0 Å². The SMILES string of the molecule is Cc1ccc(-c2nc3ncc(N)cc3[nH]2)cc1[N+](=O)[O-]. The molecule has 0 amide bonds. The molecule has 7 heteroatoms. The number of nitrogens with one attached hydrogen (secondary N) is 1. The highest BCUT2D eigenvalue weighted by atomic mass is 16.6. The van der Waals surface area contributed by atoms with Gasteiger partial charge >= 0.3 is 0 Å². The van der Waals surface area contributed by atoms with E-state index in [0.29, 0.717) is 33.8 Å². The monoisotopic (exact) mass is 269 g/mol. The third-order valence-corrected chi connectivity index (χ3v) is 3.04. The van der Waals surface area contributed by atoms with E-state index in [1.54, 1.807) is 25.1 Å². The van der Waals surface area contributed by atoms with Crippen molar-refractivity contribution in [2.75, 3.05) is 5.73 Å². The largest absolute Gasteiger partial charge is 0.397 e. The van der Waals surface area contributed by atoms with Crippen molar-refractivity contribution in [1.82, 2.24) is 15.0 Å². The Hall–Kier alpha value is -2.96. The summed E-state index contributed by atoms with van der Waals surface area (Å²) in [4.78, 5) is 22.0. The first-order valence-corrected chi connectivity index (χ1v) is 5.91. The summed E-state index contributed by atoms with van der Waals surface area (Å²) < 4.78 is 0. The van der Waals surface area contributed by atoms with Gasteiger partial charge in [0.2, 0.25) is 0 Å². The van der Waals surface area contributed by atoms with Gasteiger partial charge in [0.25, 0.3) is 5.69 Å². The molecule has 7 nitrogen and oxygen atoms in total. The number of nitrogen functional groups attached to an aromatic ring is 1.